The summed E-state index contributed by atoms with van der Waals surface area (Å²) in [6.45, 7) is 0. The van der Waals surface area contributed by atoms with Crippen LogP contribution >= 0.6 is 0 Å². The molecule has 0 amide bonds. The SMILES string of the molecule is COc1cc(C(=O)CC2CCCC2)ncn1. The largest absolute Gasteiger partial charge is 0.481 e. The summed E-state index contributed by atoms with van der Waals surface area (Å²) in [6.07, 6.45) is 6.85. The van der Waals surface area contributed by atoms with Gasteiger partial charge in [0.25, 0.3) is 0 Å². The number of methoxy groups -OCH3 is 1. The van der Waals surface area contributed by atoms with Crippen LogP contribution in [0.25, 0.3) is 0 Å². The van der Waals surface area contributed by atoms with E-state index in [9.17, 15) is 4.79 Å². The van der Waals surface area contributed by atoms with Gasteiger partial charge < -0.3 is 4.74 Å². The lowest BCUT2D eigenvalue weighted by Gasteiger charge is -2.07. The average Bonchev–Trinajstić information content (AvgIpc) is 2.82. The lowest BCUT2D eigenvalue weighted by Crippen LogP contribution is -2.08. The molecule has 0 N–H and O–H groups in total. The summed E-state index contributed by atoms with van der Waals surface area (Å²) in [5, 5.41) is 0. The van der Waals surface area contributed by atoms with Crippen molar-refractivity contribution in [3.63, 3.8) is 0 Å². The Balaban J connectivity index is 2.01. The Morgan fingerprint density at radius 2 is 2.19 bits per heavy atom. The second kappa shape index (κ2) is 5.05. The lowest BCUT2D eigenvalue weighted by molar-refractivity contribution is 0.0956. The van der Waals surface area contributed by atoms with Gasteiger partial charge in [0.2, 0.25) is 5.88 Å². The van der Waals surface area contributed by atoms with E-state index in [2.05, 4.69) is 9.97 Å². The van der Waals surface area contributed by atoms with Crippen LogP contribution in [0.2, 0.25) is 0 Å². The number of aromatic nitrogens is 2. The molecule has 0 aliphatic heterocycles. The molecule has 0 spiro atoms. The number of ether oxygens (including phenoxy) is 1. The number of Topliss-reactive ketones (excluding diaryl/α,β-unsaturated/α-hetero) is 1. The Morgan fingerprint density at radius 1 is 1.44 bits per heavy atom. The quantitative estimate of drug-likeness (QED) is 0.730. The highest BCUT2D eigenvalue weighted by Gasteiger charge is 2.20. The zero-order valence-electron chi connectivity index (χ0n) is 9.48. The normalized spacial score (nSPS) is 16.3. The summed E-state index contributed by atoms with van der Waals surface area (Å²) < 4.78 is 4.97. The molecule has 1 heterocycles. The van der Waals surface area contributed by atoms with Crippen LogP contribution in [0.4, 0.5) is 0 Å². The van der Waals surface area contributed by atoms with Gasteiger partial charge in [-0.15, -0.1) is 0 Å². The van der Waals surface area contributed by atoms with Crippen molar-refractivity contribution in [2.24, 2.45) is 5.92 Å². The summed E-state index contributed by atoms with van der Waals surface area (Å²) in [5.74, 6) is 1.10. The van der Waals surface area contributed by atoms with Crippen molar-refractivity contribution in [2.75, 3.05) is 7.11 Å². The molecule has 0 radical (unpaired) electrons. The van der Waals surface area contributed by atoms with E-state index < -0.39 is 0 Å². The van der Waals surface area contributed by atoms with Crippen LogP contribution in [0.15, 0.2) is 12.4 Å². The zero-order valence-corrected chi connectivity index (χ0v) is 9.48. The molecular formula is C12H16N2O2. The first-order valence-corrected chi connectivity index (χ1v) is 5.69. The number of carbonyl (C=O) groups is 1. The van der Waals surface area contributed by atoms with Gasteiger partial charge in [0.15, 0.2) is 5.78 Å². The van der Waals surface area contributed by atoms with Crippen molar-refractivity contribution in [1.29, 1.82) is 0 Å². The fourth-order valence-electron chi connectivity index (χ4n) is 2.18. The predicted molar refractivity (Wildman–Crippen MR) is 59.5 cm³/mol. The maximum atomic E-state index is 11.9. The van der Waals surface area contributed by atoms with Crippen molar-refractivity contribution < 1.29 is 9.53 Å². The Bertz CT molecular complexity index is 373. The molecule has 0 aromatic carbocycles. The van der Waals surface area contributed by atoms with Crippen molar-refractivity contribution in [3.05, 3.63) is 18.1 Å². The second-order valence-electron chi connectivity index (χ2n) is 4.22. The molecule has 1 saturated carbocycles. The molecule has 0 saturated heterocycles. The molecule has 0 bridgehead atoms. The van der Waals surface area contributed by atoms with Crippen LogP contribution < -0.4 is 4.74 Å². The van der Waals surface area contributed by atoms with Crippen LogP contribution in [-0.4, -0.2) is 22.9 Å². The molecule has 1 aromatic heterocycles. The average molecular weight is 220 g/mol. The molecule has 16 heavy (non-hydrogen) atoms. The highest BCUT2D eigenvalue weighted by atomic mass is 16.5. The van der Waals surface area contributed by atoms with E-state index in [0.29, 0.717) is 23.9 Å². The number of nitrogens with zero attached hydrogens (tertiary/aromatic N) is 2. The smallest absolute Gasteiger partial charge is 0.216 e. The highest BCUT2D eigenvalue weighted by molar-refractivity contribution is 5.94. The highest BCUT2D eigenvalue weighted by Crippen LogP contribution is 2.28. The van der Waals surface area contributed by atoms with Gasteiger partial charge in [-0.25, -0.2) is 9.97 Å². The third-order valence-electron chi connectivity index (χ3n) is 3.09. The van der Waals surface area contributed by atoms with Gasteiger partial charge >= 0.3 is 0 Å². The molecule has 1 aliphatic carbocycles. The zero-order chi connectivity index (χ0) is 11.4. The van der Waals surface area contributed by atoms with Gasteiger partial charge in [-0.3, -0.25) is 4.79 Å². The van der Waals surface area contributed by atoms with Gasteiger partial charge in [0.05, 0.1) is 7.11 Å². The molecule has 0 atom stereocenters. The summed E-state index contributed by atoms with van der Waals surface area (Å²) in [6, 6.07) is 1.61. The van der Waals surface area contributed by atoms with E-state index in [1.54, 1.807) is 6.07 Å². The minimum atomic E-state index is 0.104. The molecule has 1 fully saturated rings. The van der Waals surface area contributed by atoms with Crippen LogP contribution in [0.3, 0.4) is 0 Å². The van der Waals surface area contributed by atoms with Crippen molar-refractivity contribution in [3.8, 4) is 5.88 Å². The molecule has 4 heteroatoms. The maximum Gasteiger partial charge on any atom is 0.216 e. The summed E-state index contributed by atoms with van der Waals surface area (Å²) in [4.78, 5) is 19.8. The van der Waals surface area contributed by atoms with Crippen LogP contribution in [0, 0.1) is 5.92 Å². The van der Waals surface area contributed by atoms with E-state index in [0.717, 1.165) is 0 Å². The van der Waals surface area contributed by atoms with Crippen molar-refractivity contribution in [2.45, 2.75) is 32.1 Å². The van der Waals surface area contributed by atoms with Crippen LogP contribution in [-0.2, 0) is 0 Å². The van der Waals surface area contributed by atoms with Crippen molar-refractivity contribution >= 4 is 5.78 Å². The number of ketones is 1. The van der Waals surface area contributed by atoms with Crippen LogP contribution in [0.1, 0.15) is 42.6 Å². The number of hydrogen-bond donors (Lipinski definition) is 0. The predicted octanol–water partition coefficient (Wildman–Crippen LogP) is 2.25. The van der Waals surface area contributed by atoms with E-state index in [4.69, 9.17) is 4.74 Å². The van der Waals surface area contributed by atoms with Crippen molar-refractivity contribution in [1.82, 2.24) is 9.97 Å². The second-order valence-corrected chi connectivity index (χ2v) is 4.22. The van der Waals surface area contributed by atoms with Gasteiger partial charge in [-0.2, -0.15) is 0 Å². The molecule has 4 nitrogen and oxygen atoms in total. The fraction of sp³-hybridized carbons (Fsp3) is 0.583. The molecule has 2 rings (SSSR count). The number of carbonyl (C=O) groups excluding carboxylic acids is 1. The van der Waals surface area contributed by atoms with Gasteiger partial charge in [-0.1, -0.05) is 25.7 Å². The van der Waals surface area contributed by atoms with E-state index in [1.165, 1.54) is 39.1 Å². The number of hydrogen-bond acceptors (Lipinski definition) is 4. The Kier molecular flexibility index (Phi) is 3.49. The summed E-state index contributed by atoms with van der Waals surface area (Å²) in [5.41, 5.74) is 0.471. The molecule has 0 unspecified atom stereocenters. The van der Waals surface area contributed by atoms with E-state index >= 15 is 0 Å². The van der Waals surface area contributed by atoms with Crippen LogP contribution in [0.5, 0.6) is 5.88 Å². The Hall–Kier alpha value is -1.45. The topological polar surface area (TPSA) is 52.1 Å². The minimum absolute atomic E-state index is 0.104. The summed E-state index contributed by atoms with van der Waals surface area (Å²) in [7, 11) is 1.54. The third kappa shape index (κ3) is 2.56. The Labute approximate surface area is 95.1 Å². The standard InChI is InChI=1S/C12H16N2O2/c1-16-12-7-10(13-8-14-12)11(15)6-9-4-2-3-5-9/h7-9H,2-6H2,1H3. The first-order valence-electron chi connectivity index (χ1n) is 5.69. The maximum absolute atomic E-state index is 11.9. The van der Waals surface area contributed by atoms with Gasteiger partial charge in [0.1, 0.15) is 12.0 Å². The molecule has 1 aromatic rings. The Morgan fingerprint density at radius 3 is 2.88 bits per heavy atom. The van der Waals surface area contributed by atoms with E-state index in [1.807, 2.05) is 0 Å². The first-order chi connectivity index (χ1) is 7.79. The number of rotatable bonds is 4. The summed E-state index contributed by atoms with van der Waals surface area (Å²) >= 11 is 0. The fourth-order valence-corrected chi connectivity index (χ4v) is 2.18. The van der Waals surface area contributed by atoms with E-state index in [-0.39, 0.29) is 5.78 Å². The minimum Gasteiger partial charge on any atom is -0.481 e. The molecule has 1 aliphatic rings. The molecule has 86 valence electrons. The monoisotopic (exact) mass is 220 g/mol. The lowest BCUT2D eigenvalue weighted by atomic mass is 9.99. The first kappa shape index (κ1) is 11.0. The van der Waals surface area contributed by atoms with Gasteiger partial charge in [-0.05, 0) is 5.92 Å². The molecular weight excluding hydrogens is 204 g/mol. The van der Waals surface area contributed by atoms with Gasteiger partial charge in [0, 0.05) is 12.5 Å². The third-order valence-corrected chi connectivity index (χ3v) is 3.09.